The van der Waals surface area contributed by atoms with Gasteiger partial charge in [0.1, 0.15) is 6.10 Å². The van der Waals surface area contributed by atoms with Crippen LogP contribution < -0.4 is 9.47 Å². The summed E-state index contributed by atoms with van der Waals surface area (Å²) in [7, 11) is 0. The Morgan fingerprint density at radius 1 is 1.08 bits per heavy atom. The molecule has 0 N–H and O–H groups in total. The number of hydrogen-bond donors (Lipinski definition) is 0. The van der Waals surface area contributed by atoms with Crippen molar-refractivity contribution >= 4 is 11.9 Å². The van der Waals surface area contributed by atoms with E-state index < -0.39 is 29.2 Å². The molecule has 0 aromatic heterocycles. The number of carbonyl (C=O) groups is 2. The molecule has 1 spiro atoms. The lowest BCUT2D eigenvalue weighted by Crippen LogP contribution is -2.54. The molecule has 4 heterocycles. The maximum Gasteiger partial charge on any atom is 0.339 e. The molecular formula is C31H41NO7. The normalized spacial score (nSPS) is 32.6. The maximum atomic E-state index is 14.2. The van der Waals surface area contributed by atoms with E-state index in [0.717, 1.165) is 67.8 Å². The smallest absolute Gasteiger partial charge is 0.339 e. The molecule has 212 valence electrons. The minimum atomic E-state index is -1.37. The van der Waals surface area contributed by atoms with Gasteiger partial charge in [-0.05, 0) is 109 Å². The van der Waals surface area contributed by atoms with Gasteiger partial charge >= 0.3 is 11.9 Å². The number of benzene rings is 1. The Morgan fingerprint density at radius 3 is 2.59 bits per heavy atom. The number of carbonyl (C=O) groups excluding carboxylic acids is 2. The first kappa shape index (κ1) is 26.6. The van der Waals surface area contributed by atoms with Crippen LogP contribution in [0.15, 0.2) is 23.8 Å². The van der Waals surface area contributed by atoms with Gasteiger partial charge in [0.05, 0.1) is 23.7 Å². The highest BCUT2D eigenvalue weighted by atomic mass is 16.7. The van der Waals surface area contributed by atoms with E-state index in [4.69, 9.17) is 23.7 Å². The SMILES string of the molecule is CC1=C[C@]23CCCN2CCc2cc4c(cc2[C@@H]3C1OC(=O)C1(CC(=O)OC(C)C)CCCC(C)(C)O1)OCO4. The Morgan fingerprint density at radius 2 is 1.85 bits per heavy atom. The van der Waals surface area contributed by atoms with Crippen molar-refractivity contribution in [1.29, 1.82) is 0 Å². The Bertz CT molecular complexity index is 1210. The molecule has 2 saturated heterocycles. The van der Waals surface area contributed by atoms with E-state index in [-0.39, 0.29) is 30.8 Å². The molecule has 2 fully saturated rings. The first-order chi connectivity index (χ1) is 18.5. The van der Waals surface area contributed by atoms with Gasteiger partial charge in [-0.3, -0.25) is 9.69 Å². The molecule has 8 heteroatoms. The van der Waals surface area contributed by atoms with Crippen molar-refractivity contribution in [3.8, 4) is 11.5 Å². The van der Waals surface area contributed by atoms with Gasteiger partial charge in [0.25, 0.3) is 0 Å². The van der Waals surface area contributed by atoms with Gasteiger partial charge in [-0.1, -0.05) is 6.08 Å². The Hall–Kier alpha value is -2.58. The van der Waals surface area contributed by atoms with Crippen molar-refractivity contribution in [2.45, 2.75) is 114 Å². The highest BCUT2D eigenvalue weighted by Gasteiger charge is 2.58. The summed E-state index contributed by atoms with van der Waals surface area (Å²) in [6.07, 6.45) is 6.46. The number of rotatable bonds is 5. The van der Waals surface area contributed by atoms with Crippen LogP contribution in [0.4, 0.5) is 0 Å². The summed E-state index contributed by atoms with van der Waals surface area (Å²) < 4.78 is 29.9. The number of fused-ring (bicyclic) bond motifs is 3. The zero-order valence-electron chi connectivity index (χ0n) is 23.8. The molecule has 4 aliphatic heterocycles. The van der Waals surface area contributed by atoms with Crippen molar-refractivity contribution in [2.24, 2.45) is 0 Å². The Labute approximate surface area is 230 Å². The van der Waals surface area contributed by atoms with Gasteiger partial charge in [0.2, 0.25) is 6.79 Å². The van der Waals surface area contributed by atoms with E-state index in [2.05, 4.69) is 30.0 Å². The lowest BCUT2D eigenvalue weighted by molar-refractivity contribution is -0.216. The standard InChI is InChI=1S/C31H41NO7/c1-19(2)37-25(33)17-31(11-6-9-29(4,5)39-31)28(34)38-27-20(3)16-30-10-7-12-32(30)13-8-21-14-23-24(36-18-35-23)15-22(21)26(27)30/h14-16,19,26-27H,6-13,17-18H2,1-5H3/t26-,27?,30+,31?/m1/s1. The fraction of sp³-hybridized carbons (Fsp3) is 0.677. The highest BCUT2D eigenvalue weighted by Crippen LogP contribution is 2.56. The van der Waals surface area contributed by atoms with Crippen molar-refractivity contribution in [1.82, 2.24) is 4.90 Å². The van der Waals surface area contributed by atoms with Crippen LogP contribution in [0.2, 0.25) is 0 Å². The second-order valence-corrected chi connectivity index (χ2v) is 12.9. The zero-order chi connectivity index (χ0) is 27.6. The van der Waals surface area contributed by atoms with Gasteiger partial charge in [0.15, 0.2) is 17.1 Å². The average molecular weight is 540 g/mol. The van der Waals surface area contributed by atoms with Crippen molar-refractivity contribution < 1.29 is 33.3 Å². The number of hydrogen-bond acceptors (Lipinski definition) is 8. The quantitative estimate of drug-likeness (QED) is 0.389. The molecule has 0 bridgehead atoms. The van der Waals surface area contributed by atoms with Gasteiger partial charge < -0.3 is 23.7 Å². The fourth-order valence-corrected chi connectivity index (χ4v) is 7.73. The lowest BCUT2D eigenvalue weighted by atomic mass is 9.77. The summed E-state index contributed by atoms with van der Waals surface area (Å²) in [5.41, 5.74) is 1.28. The molecule has 0 saturated carbocycles. The zero-order valence-corrected chi connectivity index (χ0v) is 23.8. The van der Waals surface area contributed by atoms with Crippen molar-refractivity contribution in [3.63, 3.8) is 0 Å². The lowest BCUT2D eigenvalue weighted by Gasteiger charge is -2.44. The van der Waals surface area contributed by atoms with Crippen LogP contribution in [-0.2, 0) is 30.2 Å². The second-order valence-electron chi connectivity index (χ2n) is 12.9. The fourth-order valence-electron chi connectivity index (χ4n) is 7.73. The van der Waals surface area contributed by atoms with E-state index in [1.54, 1.807) is 0 Å². The predicted molar refractivity (Wildman–Crippen MR) is 144 cm³/mol. The van der Waals surface area contributed by atoms with Crippen LogP contribution in [0.3, 0.4) is 0 Å². The van der Waals surface area contributed by atoms with Crippen LogP contribution >= 0.6 is 0 Å². The number of nitrogens with zero attached hydrogens (tertiary/aromatic N) is 1. The van der Waals surface area contributed by atoms with Crippen LogP contribution in [0.25, 0.3) is 0 Å². The van der Waals surface area contributed by atoms with Crippen LogP contribution in [0, 0.1) is 0 Å². The van der Waals surface area contributed by atoms with Gasteiger partial charge in [-0.15, -0.1) is 0 Å². The molecule has 6 rings (SSSR count). The minimum Gasteiger partial charge on any atom is -0.463 e. The summed E-state index contributed by atoms with van der Waals surface area (Å²) in [6.45, 7) is 11.8. The first-order valence-electron chi connectivity index (χ1n) is 14.5. The van der Waals surface area contributed by atoms with E-state index in [1.807, 2.05) is 27.7 Å². The van der Waals surface area contributed by atoms with Crippen LogP contribution in [-0.4, -0.2) is 65.7 Å². The molecule has 4 atom stereocenters. The predicted octanol–water partition coefficient (Wildman–Crippen LogP) is 4.82. The van der Waals surface area contributed by atoms with E-state index in [9.17, 15) is 9.59 Å². The molecule has 39 heavy (non-hydrogen) atoms. The molecular weight excluding hydrogens is 498 g/mol. The monoisotopic (exact) mass is 539 g/mol. The molecule has 1 aromatic rings. The van der Waals surface area contributed by atoms with Gasteiger partial charge in [-0.2, -0.15) is 0 Å². The molecule has 1 aromatic carbocycles. The highest BCUT2D eigenvalue weighted by molar-refractivity contribution is 5.86. The third-order valence-electron chi connectivity index (χ3n) is 9.22. The van der Waals surface area contributed by atoms with Crippen molar-refractivity contribution in [2.75, 3.05) is 19.9 Å². The maximum absolute atomic E-state index is 14.2. The molecule has 0 amide bonds. The van der Waals surface area contributed by atoms with Crippen LogP contribution in [0.5, 0.6) is 11.5 Å². The third-order valence-corrected chi connectivity index (χ3v) is 9.22. The third kappa shape index (κ3) is 4.53. The van der Waals surface area contributed by atoms with Gasteiger partial charge in [0, 0.05) is 12.5 Å². The van der Waals surface area contributed by atoms with E-state index >= 15 is 0 Å². The molecule has 5 aliphatic rings. The summed E-state index contributed by atoms with van der Waals surface area (Å²) in [5.74, 6) is 0.537. The largest absolute Gasteiger partial charge is 0.463 e. The number of ether oxygens (including phenoxy) is 5. The minimum absolute atomic E-state index is 0.0767. The molecule has 2 unspecified atom stereocenters. The molecule has 1 aliphatic carbocycles. The summed E-state index contributed by atoms with van der Waals surface area (Å²) in [4.78, 5) is 29.7. The first-order valence-corrected chi connectivity index (χ1v) is 14.5. The average Bonchev–Trinajstić information content (AvgIpc) is 3.51. The summed E-state index contributed by atoms with van der Waals surface area (Å²) in [5, 5.41) is 0. The van der Waals surface area contributed by atoms with Crippen LogP contribution in [0.1, 0.15) is 90.2 Å². The summed E-state index contributed by atoms with van der Waals surface area (Å²) in [6, 6.07) is 4.21. The van der Waals surface area contributed by atoms with Crippen molar-refractivity contribution in [3.05, 3.63) is 34.9 Å². The second kappa shape index (κ2) is 9.51. The van der Waals surface area contributed by atoms with Gasteiger partial charge in [-0.25, -0.2) is 4.79 Å². The Kier molecular flexibility index (Phi) is 6.50. The molecule has 8 nitrogen and oxygen atoms in total. The Balaban J connectivity index is 1.37. The number of esters is 2. The van der Waals surface area contributed by atoms with E-state index in [0.29, 0.717) is 6.42 Å². The molecule has 0 radical (unpaired) electrons. The topological polar surface area (TPSA) is 83.5 Å². The summed E-state index contributed by atoms with van der Waals surface area (Å²) >= 11 is 0. The van der Waals surface area contributed by atoms with E-state index in [1.165, 1.54) is 5.56 Å².